The van der Waals surface area contributed by atoms with Gasteiger partial charge >= 0.3 is 0 Å². The highest BCUT2D eigenvalue weighted by atomic mass is 79.9. The second-order valence-electron chi connectivity index (χ2n) is 5.39. The van der Waals surface area contributed by atoms with E-state index in [9.17, 15) is 4.39 Å². The van der Waals surface area contributed by atoms with Crippen LogP contribution < -0.4 is 5.32 Å². The van der Waals surface area contributed by atoms with Crippen molar-refractivity contribution in [2.45, 2.75) is 46.6 Å². The van der Waals surface area contributed by atoms with Crippen molar-refractivity contribution in [3.8, 4) is 0 Å². The molecule has 18 heavy (non-hydrogen) atoms. The predicted octanol–water partition coefficient (Wildman–Crippen LogP) is 4.55. The molecule has 0 aliphatic rings. The molecule has 0 spiro atoms. The van der Waals surface area contributed by atoms with Crippen molar-refractivity contribution in [2.75, 3.05) is 6.54 Å². The summed E-state index contributed by atoms with van der Waals surface area (Å²) in [5.74, 6) is -0.126. The molecule has 102 valence electrons. The smallest absolute Gasteiger partial charge is 0.127 e. The summed E-state index contributed by atoms with van der Waals surface area (Å²) in [5.41, 5.74) is 0.945. The molecule has 1 unspecified atom stereocenters. The molecule has 0 aliphatic carbocycles. The Labute approximate surface area is 118 Å². The fraction of sp³-hybridized carbons (Fsp3) is 0.600. The van der Waals surface area contributed by atoms with Gasteiger partial charge in [-0.15, -0.1) is 0 Å². The van der Waals surface area contributed by atoms with E-state index in [1.165, 1.54) is 6.07 Å². The Hall–Kier alpha value is -0.410. The molecule has 1 N–H and O–H groups in total. The Morgan fingerprint density at radius 3 is 2.50 bits per heavy atom. The van der Waals surface area contributed by atoms with E-state index in [2.05, 4.69) is 48.9 Å². The third kappa shape index (κ3) is 4.06. The first-order valence-electron chi connectivity index (χ1n) is 6.58. The Morgan fingerprint density at radius 1 is 1.33 bits per heavy atom. The molecule has 1 aromatic carbocycles. The Balaban J connectivity index is 2.89. The minimum absolute atomic E-state index is 0.126. The lowest BCUT2D eigenvalue weighted by Crippen LogP contribution is -2.43. The maximum atomic E-state index is 13.9. The molecule has 3 heteroatoms. The highest BCUT2D eigenvalue weighted by molar-refractivity contribution is 9.10. The average Bonchev–Trinajstić information content (AvgIpc) is 2.31. The van der Waals surface area contributed by atoms with Crippen LogP contribution in [0.2, 0.25) is 0 Å². The van der Waals surface area contributed by atoms with E-state index in [1.807, 2.05) is 12.1 Å². The molecule has 0 fully saturated rings. The van der Waals surface area contributed by atoms with Crippen LogP contribution in [0.3, 0.4) is 0 Å². The highest BCUT2D eigenvalue weighted by Crippen LogP contribution is 2.28. The zero-order chi connectivity index (χ0) is 13.8. The summed E-state index contributed by atoms with van der Waals surface area (Å²) >= 11 is 3.29. The van der Waals surface area contributed by atoms with Crippen molar-refractivity contribution in [2.24, 2.45) is 5.41 Å². The summed E-state index contributed by atoms with van der Waals surface area (Å²) in [6, 6.07) is 5.61. The van der Waals surface area contributed by atoms with Crippen LogP contribution in [0.25, 0.3) is 0 Å². The Morgan fingerprint density at radius 2 is 2.00 bits per heavy atom. The molecule has 0 amide bonds. The summed E-state index contributed by atoms with van der Waals surface area (Å²) < 4.78 is 14.7. The van der Waals surface area contributed by atoms with Crippen LogP contribution in [0.1, 0.15) is 39.7 Å². The average molecular weight is 316 g/mol. The second-order valence-corrected chi connectivity index (χ2v) is 6.31. The van der Waals surface area contributed by atoms with Crippen LogP contribution in [-0.4, -0.2) is 12.6 Å². The van der Waals surface area contributed by atoms with Crippen LogP contribution in [-0.2, 0) is 6.42 Å². The van der Waals surface area contributed by atoms with Crippen LogP contribution in [0.5, 0.6) is 0 Å². The molecule has 0 aromatic heterocycles. The van der Waals surface area contributed by atoms with Crippen LogP contribution >= 0.6 is 15.9 Å². The molecule has 0 aliphatic heterocycles. The van der Waals surface area contributed by atoms with E-state index < -0.39 is 0 Å². The summed E-state index contributed by atoms with van der Waals surface area (Å²) in [6.45, 7) is 9.65. The van der Waals surface area contributed by atoms with Crippen LogP contribution in [0.15, 0.2) is 22.7 Å². The van der Waals surface area contributed by atoms with Gasteiger partial charge < -0.3 is 5.32 Å². The molecule has 0 heterocycles. The lowest BCUT2D eigenvalue weighted by molar-refractivity contribution is 0.231. The summed E-state index contributed by atoms with van der Waals surface area (Å²) in [4.78, 5) is 0. The molecule has 1 nitrogen and oxygen atoms in total. The fourth-order valence-corrected chi connectivity index (χ4v) is 2.36. The van der Waals surface area contributed by atoms with Crippen molar-refractivity contribution in [1.82, 2.24) is 5.32 Å². The SMILES string of the molecule is CCNC(Cc1ccc(Br)cc1F)C(C)(C)CC. The fourth-order valence-electron chi connectivity index (χ4n) is 2.02. The van der Waals surface area contributed by atoms with E-state index in [1.54, 1.807) is 0 Å². The summed E-state index contributed by atoms with van der Waals surface area (Å²) in [6.07, 6.45) is 1.80. The number of hydrogen-bond acceptors (Lipinski definition) is 1. The number of hydrogen-bond donors (Lipinski definition) is 1. The third-order valence-corrected chi connectivity index (χ3v) is 4.24. The molecular formula is C15H23BrFN. The number of halogens is 2. The van der Waals surface area contributed by atoms with E-state index in [0.717, 1.165) is 29.4 Å². The first kappa shape index (κ1) is 15.6. The van der Waals surface area contributed by atoms with Crippen molar-refractivity contribution < 1.29 is 4.39 Å². The standard InChI is InChI=1S/C15H23BrFN/c1-5-15(3,4)14(18-6-2)9-11-7-8-12(16)10-13(11)17/h7-8,10,14,18H,5-6,9H2,1-4H3. The summed E-state index contributed by atoms with van der Waals surface area (Å²) in [7, 11) is 0. The van der Waals surface area contributed by atoms with E-state index >= 15 is 0 Å². The first-order chi connectivity index (χ1) is 8.40. The molecule has 0 bridgehead atoms. The van der Waals surface area contributed by atoms with Crippen LogP contribution in [0, 0.1) is 11.2 Å². The zero-order valence-corrected chi connectivity index (χ0v) is 13.3. The molecule has 0 saturated heterocycles. The molecule has 1 aromatic rings. The van der Waals surface area contributed by atoms with Gasteiger partial charge in [-0.3, -0.25) is 0 Å². The largest absolute Gasteiger partial charge is 0.313 e. The summed E-state index contributed by atoms with van der Waals surface area (Å²) in [5, 5.41) is 3.49. The molecular weight excluding hydrogens is 293 g/mol. The quantitative estimate of drug-likeness (QED) is 0.812. The van der Waals surface area contributed by atoms with Gasteiger partial charge in [-0.05, 0) is 42.5 Å². The predicted molar refractivity (Wildman–Crippen MR) is 79.3 cm³/mol. The van der Waals surface area contributed by atoms with Gasteiger partial charge in [0.15, 0.2) is 0 Å². The molecule has 1 rings (SSSR count). The van der Waals surface area contributed by atoms with Gasteiger partial charge in [0, 0.05) is 10.5 Å². The maximum absolute atomic E-state index is 13.9. The van der Waals surface area contributed by atoms with Gasteiger partial charge in [0.25, 0.3) is 0 Å². The minimum Gasteiger partial charge on any atom is -0.313 e. The van der Waals surface area contributed by atoms with Gasteiger partial charge in [0.05, 0.1) is 0 Å². The lowest BCUT2D eigenvalue weighted by atomic mass is 9.79. The number of benzene rings is 1. The molecule has 0 saturated carbocycles. The van der Waals surface area contributed by atoms with Gasteiger partial charge in [-0.25, -0.2) is 4.39 Å². The molecule has 1 atom stereocenters. The first-order valence-corrected chi connectivity index (χ1v) is 7.37. The lowest BCUT2D eigenvalue weighted by Gasteiger charge is -2.34. The van der Waals surface area contributed by atoms with Gasteiger partial charge in [-0.2, -0.15) is 0 Å². The topological polar surface area (TPSA) is 12.0 Å². The second kappa shape index (κ2) is 6.67. The van der Waals surface area contributed by atoms with Crippen molar-refractivity contribution in [1.29, 1.82) is 0 Å². The molecule has 0 radical (unpaired) electrons. The zero-order valence-electron chi connectivity index (χ0n) is 11.7. The van der Waals surface area contributed by atoms with Crippen molar-refractivity contribution >= 4 is 15.9 Å². The van der Waals surface area contributed by atoms with Crippen LogP contribution in [0.4, 0.5) is 4.39 Å². The van der Waals surface area contributed by atoms with E-state index in [0.29, 0.717) is 6.04 Å². The van der Waals surface area contributed by atoms with Crippen molar-refractivity contribution in [3.05, 3.63) is 34.1 Å². The van der Waals surface area contributed by atoms with Gasteiger partial charge in [0.1, 0.15) is 5.82 Å². The number of rotatable bonds is 6. The monoisotopic (exact) mass is 315 g/mol. The van der Waals surface area contributed by atoms with E-state index in [4.69, 9.17) is 0 Å². The minimum atomic E-state index is -0.126. The third-order valence-electron chi connectivity index (χ3n) is 3.74. The Bertz CT molecular complexity index is 390. The van der Waals surface area contributed by atoms with Gasteiger partial charge in [-0.1, -0.05) is 49.7 Å². The maximum Gasteiger partial charge on any atom is 0.127 e. The van der Waals surface area contributed by atoms with Crippen molar-refractivity contribution in [3.63, 3.8) is 0 Å². The normalized spacial score (nSPS) is 13.7. The van der Waals surface area contributed by atoms with E-state index in [-0.39, 0.29) is 11.2 Å². The van der Waals surface area contributed by atoms with Gasteiger partial charge in [0.2, 0.25) is 0 Å². The number of nitrogens with one attached hydrogen (secondary N) is 1. The highest BCUT2D eigenvalue weighted by Gasteiger charge is 2.27. The Kier molecular flexibility index (Phi) is 5.80. The number of likely N-dealkylation sites (N-methyl/N-ethyl adjacent to an activating group) is 1.